The summed E-state index contributed by atoms with van der Waals surface area (Å²) in [5, 5.41) is 5.05. The van der Waals surface area contributed by atoms with E-state index in [0.717, 1.165) is 30.1 Å². The molecule has 212 valence electrons. The predicted octanol–water partition coefficient (Wildman–Crippen LogP) is 3.49. The number of pyridine rings is 1. The number of imide groups is 1. The summed E-state index contributed by atoms with van der Waals surface area (Å²) in [6.07, 6.45) is 0.711. The van der Waals surface area contributed by atoms with Gasteiger partial charge in [-0.25, -0.2) is 27.9 Å². The number of sulfone groups is 1. The van der Waals surface area contributed by atoms with Crippen LogP contribution in [0, 0.1) is 0 Å². The van der Waals surface area contributed by atoms with Crippen molar-refractivity contribution in [2.75, 3.05) is 36.5 Å². The Morgan fingerprint density at radius 1 is 1.18 bits per heavy atom. The van der Waals surface area contributed by atoms with Crippen molar-refractivity contribution in [3.63, 3.8) is 0 Å². The Hall–Kier alpha value is -3.72. The van der Waals surface area contributed by atoms with Crippen LogP contribution in [-0.4, -0.2) is 74.1 Å². The summed E-state index contributed by atoms with van der Waals surface area (Å²) in [6.45, 7) is 8.06. The van der Waals surface area contributed by atoms with Crippen molar-refractivity contribution >= 4 is 39.4 Å². The molecule has 2 N–H and O–H groups in total. The summed E-state index contributed by atoms with van der Waals surface area (Å²) in [6, 6.07) is 4.50. The van der Waals surface area contributed by atoms with E-state index in [4.69, 9.17) is 4.74 Å². The number of rotatable bonds is 10. The average Bonchev–Trinajstić information content (AvgIpc) is 3.19. The number of anilines is 2. The fourth-order valence-electron chi connectivity index (χ4n) is 3.93. The number of likely N-dealkylation sites (N-methyl/N-ethyl adjacent to an activating group) is 1. The number of urea groups is 1. The molecule has 1 aromatic carbocycles. The van der Waals surface area contributed by atoms with Gasteiger partial charge >= 0.3 is 17.6 Å². The zero-order valence-electron chi connectivity index (χ0n) is 21.4. The number of carbonyl (C=O) groups is 3. The standard InChI is InChI=1S/C24H28F3N5O6S/c1-4-31(5-2)12-13-38-23(35)29-19-14-16(10-11-28-19)15(3)20-21(33)32(22(34)30-20)17-6-8-18(9-7-17)39(36,37)24(25,26)27/h6-11,14-15,20H,4-5,12-13H2,1-3H3,(H,30,34)(H,28,29,35). The van der Waals surface area contributed by atoms with E-state index in [2.05, 4.69) is 20.5 Å². The summed E-state index contributed by atoms with van der Waals surface area (Å²) in [5.74, 6) is -1.12. The fraction of sp³-hybridized carbons (Fsp3) is 0.417. The maximum atomic E-state index is 13.1. The molecule has 1 saturated heterocycles. The minimum Gasteiger partial charge on any atom is -0.448 e. The highest BCUT2D eigenvalue weighted by Gasteiger charge is 2.47. The SMILES string of the molecule is CCN(CC)CCOC(=O)Nc1cc(C(C)C2NC(=O)N(c3ccc(S(=O)(=O)C(F)(F)F)cc3)C2=O)ccn1. The molecule has 11 nitrogen and oxygen atoms in total. The number of nitrogens with zero attached hydrogens (tertiary/aromatic N) is 3. The zero-order valence-corrected chi connectivity index (χ0v) is 22.2. The van der Waals surface area contributed by atoms with Crippen molar-refractivity contribution in [1.82, 2.24) is 15.2 Å². The molecule has 0 spiro atoms. The van der Waals surface area contributed by atoms with E-state index >= 15 is 0 Å². The van der Waals surface area contributed by atoms with Gasteiger partial charge in [0.15, 0.2) is 0 Å². The minimum absolute atomic E-state index is 0.0992. The lowest BCUT2D eigenvalue weighted by molar-refractivity contribution is -0.118. The number of nitrogens with one attached hydrogen (secondary N) is 2. The lowest BCUT2D eigenvalue weighted by atomic mass is 9.94. The molecule has 3 rings (SSSR count). The summed E-state index contributed by atoms with van der Waals surface area (Å²) in [7, 11) is -5.58. The van der Waals surface area contributed by atoms with Gasteiger partial charge in [0, 0.05) is 18.7 Å². The average molecular weight is 572 g/mol. The van der Waals surface area contributed by atoms with Crippen molar-refractivity contribution in [2.45, 2.75) is 43.1 Å². The molecule has 0 aliphatic carbocycles. The second kappa shape index (κ2) is 12.0. The van der Waals surface area contributed by atoms with E-state index in [9.17, 15) is 36.0 Å². The Kier molecular flexibility index (Phi) is 9.17. The van der Waals surface area contributed by atoms with Crippen LogP contribution >= 0.6 is 0 Å². The molecule has 0 bridgehead atoms. The van der Waals surface area contributed by atoms with Gasteiger partial charge < -0.3 is 15.0 Å². The van der Waals surface area contributed by atoms with Crippen molar-refractivity contribution in [1.29, 1.82) is 0 Å². The lowest BCUT2D eigenvalue weighted by Crippen LogP contribution is -2.35. The van der Waals surface area contributed by atoms with Gasteiger partial charge in [0.05, 0.1) is 10.6 Å². The Labute approximate surface area is 223 Å². The molecule has 1 fully saturated rings. The first-order valence-corrected chi connectivity index (χ1v) is 13.5. The third-order valence-corrected chi connectivity index (χ3v) is 7.76. The highest BCUT2D eigenvalue weighted by molar-refractivity contribution is 7.92. The number of hydrogen-bond acceptors (Lipinski definition) is 8. The first kappa shape index (κ1) is 29.8. The summed E-state index contributed by atoms with van der Waals surface area (Å²) < 4.78 is 66.8. The molecule has 1 aliphatic rings. The van der Waals surface area contributed by atoms with Gasteiger partial charge in [0.1, 0.15) is 18.5 Å². The number of halogens is 3. The molecule has 15 heteroatoms. The zero-order chi connectivity index (χ0) is 29.0. The van der Waals surface area contributed by atoms with E-state index in [-0.39, 0.29) is 18.1 Å². The second-order valence-electron chi connectivity index (χ2n) is 8.59. The Morgan fingerprint density at radius 2 is 1.82 bits per heavy atom. The quantitative estimate of drug-likeness (QED) is 0.414. The van der Waals surface area contributed by atoms with E-state index in [1.165, 1.54) is 12.3 Å². The normalized spacial score (nSPS) is 16.8. The number of aromatic nitrogens is 1. The summed E-state index contributed by atoms with van der Waals surface area (Å²) in [5.41, 5.74) is -5.04. The molecule has 4 amide bonds. The molecule has 1 aliphatic heterocycles. The van der Waals surface area contributed by atoms with Crippen LogP contribution < -0.4 is 15.5 Å². The molecule has 2 aromatic rings. The van der Waals surface area contributed by atoms with Crippen LogP contribution in [0.15, 0.2) is 47.5 Å². The van der Waals surface area contributed by atoms with E-state index in [1.54, 1.807) is 13.0 Å². The third kappa shape index (κ3) is 6.65. The van der Waals surface area contributed by atoms with Crippen LogP contribution in [0.3, 0.4) is 0 Å². The van der Waals surface area contributed by atoms with Crippen LogP contribution in [0.5, 0.6) is 0 Å². The molecule has 0 saturated carbocycles. The van der Waals surface area contributed by atoms with Crippen LogP contribution in [0.4, 0.5) is 34.3 Å². The Balaban J connectivity index is 1.69. The van der Waals surface area contributed by atoms with Crippen LogP contribution in [0.25, 0.3) is 0 Å². The molecule has 1 aromatic heterocycles. The van der Waals surface area contributed by atoms with Crippen molar-refractivity contribution in [3.8, 4) is 0 Å². The van der Waals surface area contributed by atoms with Crippen molar-refractivity contribution in [3.05, 3.63) is 48.2 Å². The molecular formula is C24H28F3N5O6S. The van der Waals surface area contributed by atoms with E-state index in [1.807, 2.05) is 13.8 Å². The first-order valence-electron chi connectivity index (χ1n) is 12.0. The number of alkyl halides is 3. The minimum atomic E-state index is -5.58. The maximum Gasteiger partial charge on any atom is 0.501 e. The second-order valence-corrected chi connectivity index (χ2v) is 10.5. The smallest absolute Gasteiger partial charge is 0.448 e. The van der Waals surface area contributed by atoms with E-state index in [0.29, 0.717) is 24.2 Å². The van der Waals surface area contributed by atoms with Crippen LogP contribution in [0.2, 0.25) is 0 Å². The number of hydrogen-bond donors (Lipinski definition) is 2. The summed E-state index contributed by atoms with van der Waals surface area (Å²) in [4.78, 5) is 43.7. The highest BCUT2D eigenvalue weighted by atomic mass is 32.2. The molecular weight excluding hydrogens is 543 g/mol. The third-order valence-electron chi connectivity index (χ3n) is 6.25. The predicted molar refractivity (Wildman–Crippen MR) is 135 cm³/mol. The van der Waals surface area contributed by atoms with Gasteiger partial charge in [-0.3, -0.25) is 10.1 Å². The van der Waals surface area contributed by atoms with Gasteiger partial charge in [0.25, 0.3) is 15.7 Å². The van der Waals surface area contributed by atoms with E-state index < -0.39 is 50.2 Å². The highest BCUT2D eigenvalue weighted by Crippen LogP contribution is 2.33. The van der Waals surface area contributed by atoms with Gasteiger partial charge in [-0.05, 0) is 55.1 Å². The van der Waals surface area contributed by atoms with Gasteiger partial charge in [-0.1, -0.05) is 20.8 Å². The van der Waals surface area contributed by atoms with Crippen LogP contribution in [0.1, 0.15) is 32.3 Å². The summed E-state index contributed by atoms with van der Waals surface area (Å²) >= 11 is 0. The lowest BCUT2D eigenvalue weighted by Gasteiger charge is -2.19. The molecule has 39 heavy (non-hydrogen) atoms. The first-order chi connectivity index (χ1) is 18.3. The topological polar surface area (TPSA) is 138 Å². The van der Waals surface area contributed by atoms with Gasteiger partial charge in [-0.15, -0.1) is 0 Å². The monoisotopic (exact) mass is 571 g/mol. The fourth-order valence-corrected chi connectivity index (χ4v) is 4.69. The maximum absolute atomic E-state index is 13.1. The number of benzene rings is 1. The van der Waals surface area contributed by atoms with Crippen molar-refractivity contribution < 1.29 is 40.7 Å². The van der Waals surface area contributed by atoms with Crippen LogP contribution in [-0.2, 0) is 19.4 Å². The molecule has 2 atom stereocenters. The molecule has 2 heterocycles. The molecule has 2 unspecified atom stereocenters. The number of carbonyl (C=O) groups excluding carboxylic acids is 3. The Bertz CT molecular complexity index is 1320. The van der Waals surface area contributed by atoms with Crippen molar-refractivity contribution in [2.24, 2.45) is 0 Å². The Morgan fingerprint density at radius 3 is 2.41 bits per heavy atom. The molecule has 0 radical (unpaired) electrons. The number of ether oxygens (including phenoxy) is 1. The van der Waals surface area contributed by atoms with Gasteiger partial charge in [-0.2, -0.15) is 13.2 Å². The largest absolute Gasteiger partial charge is 0.501 e. The number of amides is 4. The van der Waals surface area contributed by atoms with Gasteiger partial charge in [0.2, 0.25) is 0 Å².